The highest BCUT2D eigenvalue weighted by molar-refractivity contribution is 7.89. The molecule has 7 nitrogen and oxygen atoms in total. The number of sulfonamides is 1. The normalized spacial score (nSPS) is 16.9. The molecule has 0 bridgehead atoms. The summed E-state index contributed by atoms with van der Waals surface area (Å²) in [6.07, 6.45) is 1.43. The first-order valence-electron chi connectivity index (χ1n) is 9.09. The molecule has 0 amide bonds. The van der Waals surface area contributed by atoms with Gasteiger partial charge in [0.15, 0.2) is 0 Å². The Bertz CT molecular complexity index is 1030. The number of nitrogens with zero attached hydrogens (tertiary/aromatic N) is 4. The molecule has 1 saturated heterocycles. The van der Waals surface area contributed by atoms with Crippen molar-refractivity contribution in [2.45, 2.75) is 17.9 Å². The van der Waals surface area contributed by atoms with Crippen LogP contribution < -0.4 is 4.90 Å². The number of thiazole rings is 1. The second-order valence-corrected chi connectivity index (χ2v) is 9.68. The Morgan fingerprint density at radius 2 is 1.93 bits per heavy atom. The standard InChI is InChI=1S/C19H22N4O3S2/c1-14(19-21-16-5-3-4-6-17(16)27-19)22(2)18-8-7-15(13-20-18)28(24,25)23-9-11-26-12-10-23/h3-8,13-14H,9-12H2,1-2H3/t14-/m0/s1. The number of benzene rings is 1. The van der Waals surface area contributed by atoms with Crippen LogP contribution in [0.5, 0.6) is 0 Å². The van der Waals surface area contributed by atoms with Crippen molar-refractivity contribution in [2.24, 2.45) is 0 Å². The Morgan fingerprint density at radius 1 is 1.18 bits per heavy atom. The van der Waals surface area contributed by atoms with E-state index in [0.29, 0.717) is 32.1 Å². The molecule has 0 unspecified atom stereocenters. The van der Waals surface area contributed by atoms with Crippen molar-refractivity contribution in [3.8, 4) is 0 Å². The molecular formula is C19H22N4O3S2. The summed E-state index contributed by atoms with van der Waals surface area (Å²) >= 11 is 1.66. The maximum atomic E-state index is 12.7. The molecule has 0 radical (unpaired) electrons. The maximum Gasteiger partial charge on any atom is 0.244 e. The number of aromatic nitrogens is 2. The topological polar surface area (TPSA) is 75.6 Å². The third kappa shape index (κ3) is 3.62. The lowest BCUT2D eigenvalue weighted by molar-refractivity contribution is 0.0730. The number of pyridine rings is 1. The number of hydrogen-bond donors (Lipinski definition) is 0. The van der Waals surface area contributed by atoms with Gasteiger partial charge < -0.3 is 9.64 Å². The van der Waals surface area contributed by atoms with Crippen molar-refractivity contribution >= 4 is 37.4 Å². The summed E-state index contributed by atoms with van der Waals surface area (Å²) < 4.78 is 33.3. The Hall–Kier alpha value is -2.07. The quantitative estimate of drug-likeness (QED) is 0.634. The number of anilines is 1. The van der Waals surface area contributed by atoms with Gasteiger partial charge in [-0.15, -0.1) is 11.3 Å². The van der Waals surface area contributed by atoms with Gasteiger partial charge in [-0.25, -0.2) is 18.4 Å². The van der Waals surface area contributed by atoms with E-state index in [4.69, 9.17) is 9.72 Å². The van der Waals surface area contributed by atoms with E-state index in [9.17, 15) is 8.42 Å². The smallest absolute Gasteiger partial charge is 0.244 e. The number of para-hydroxylation sites is 1. The molecule has 1 aliphatic rings. The van der Waals surface area contributed by atoms with Crippen LogP contribution in [0.15, 0.2) is 47.5 Å². The molecule has 0 aliphatic carbocycles. The van der Waals surface area contributed by atoms with Gasteiger partial charge in [0.1, 0.15) is 15.7 Å². The van der Waals surface area contributed by atoms with E-state index in [1.54, 1.807) is 23.5 Å². The molecule has 28 heavy (non-hydrogen) atoms. The fourth-order valence-corrected chi connectivity index (χ4v) is 5.52. The number of ether oxygens (including phenoxy) is 1. The zero-order chi connectivity index (χ0) is 19.7. The number of morpholine rings is 1. The first kappa shape index (κ1) is 19.3. The fourth-order valence-electron chi connectivity index (χ4n) is 3.10. The van der Waals surface area contributed by atoms with Gasteiger partial charge in [0.2, 0.25) is 10.0 Å². The molecule has 0 N–H and O–H groups in total. The third-order valence-corrected chi connectivity index (χ3v) is 8.03. The van der Waals surface area contributed by atoms with Gasteiger partial charge in [-0.1, -0.05) is 12.1 Å². The minimum Gasteiger partial charge on any atom is -0.379 e. The highest BCUT2D eigenvalue weighted by atomic mass is 32.2. The van der Waals surface area contributed by atoms with Crippen molar-refractivity contribution < 1.29 is 13.2 Å². The predicted molar refractivity (Wildman–Crippen MR) is 110 cm³/mol. The van der Waals surface area contributed by atoms with Gasteiger partial charge in [-0.2, -0.15) is 4.31 Å². The van der Waals surface area contributed by atoms with Crippen molar-refractivity contribution in [1.82, 2.24) is 14.3 Å². The lowest BCUT2D eigenvalue weighted by atomic mass is 10.3. The van der Waals surface area contributed by atoms with E-state index in [1.807, 2.05) is 30.1 Å². The van der Waals surface area contributed by atoms with Gasteiger partial charge in [-0.05, 0) is 31.2 Å². The Labute approximate surface area is 168 Å². The summed E-state index contributed by atoms with van der Waals surface area (Å²) in [7, 11) is -1.59. The highest BCUT2D eigenvalue weighted by Crippen LogP contribution is 2.31. The number of rotatable bonds is 5. The molecule has 0 saturated carbocycles. The summed E-state index contributed by atoms with van der Waals surface area (Å²) in [5.74, 6) is 0.702. The molecule has 1 atom stereocenters. The van der Waals surface area contributed by atoms with E-state index in [2.05, 4.69) is 18.0 Å². The van der Waals surface area contributed by atoms with Gasteiger partial charge in [0, 0.05) is 26.3 Å². The molecule has 9 heteroatoms. The molecule has 148 valence electrons. The largest absolute Gasteiger partial charge is 0.379 e. The highest BCUT2D eigenvalue weighted by Gasteiger charge is 2.27. The summed E-state index contributed by atoms with van der Waals surface area (Å²) in [4.78, 5) is 11.3. The van der Waals surface area contributed by atoms with Gasteiger partial charge in [0.25, 0.3) is 0 Å². The van der Waals surface area contributed by atoms with E-state index in [1.165, 1.54) is 10.5 Å². The van der Waals surface area contributed by atoms with Crippen molar-refractivity contribution in [3.05, 3.63) is 47.6 Å². The first-order chi connectivity index (χ1) is 13.5. The van der Waals surface area contributed by atoms with Crippen LogP contribution in [0.2, 0.25) is 0 Å². The van der Waals surface area contributed by atoms with Gasteiger partial charge in [-0.3, -0.25) is 0 Å². The third-order valence-electron chi connectivity index (χ3n) is 4.94. The first-order valence-corrected chi connectivity index (χ1v) is 11.3. The minimum atomic E-state index is -3.53. The maximum absolute atomic E-state index is 12.7. The summed E-state index contributed by atoms with van der Waals surface area (Å²) in [6, 6.07) is 11.4. The molecular weight excluding hydrogens is 396 g/mol. The monoisotopic (exact) mass is 418 g/mol. The molecule has 1 aromatic carbocycles. The SMILES string of the molecule is C[C@@H](c1nc2ccccc2s1)N(C)c1ccc(S(=O)(=O)N2CCOCC2)cn1. The van der Waals surface area contributed by atoms with Crippen LogP contribution in [-0.4, -0.2) is 56.0 Å². The Kier molecular flexibility index (Phi) is 5.33. The van der Waals surface area contributed by atoms with Crippen molar-refractivity contribution in [1.29, 1.82) is 0 Å². The zero-order valence-electron chi connectivity index (χ0n) is 15.8. The van der Waals surface area contributed by atoms with Crippen molar-refractivity contribution in [3.63, 3.8) is 0 Å². The summed E-state index contributed by atoms with van der Waals surface area (Å²) in [6.45, 7) is 3.66. The lowest BCUT2D eigenvalue weighted by Crippen LogP contribution is -2.40. The van der Waals surface area contributed by atoms with Gasteiger partial charge in [0.05, 0.1) is 29.5 Å². The minimum absolute atomic E-state index is 0.0200. The van der Waals surface area contributed by atoms with Crippen LogP contribution >= 0.6 is 11.3 Å². The molecule has 3 aromatic rings. The molecule has 4 rings (SSSR count). The second-order valence-electron chi connectivity index (χ2n) is 6.68. The molecule has 0 spiro atoms. The number of fused-ring (bicyclic) bond motifs is 1. The van der Waals surface area contributed by atoms with E-state index in [0.717, 1.165) is 15.2 Å². The van der Waals surface area contributed by atoms with Crippen LogP contribution in [0.3, 0.4) is 0 Å². The Balaban J connectivity index is 1.54. The molecule has 1 fully saturated rings. The summed E-state index contributed by atoms with van der Waals surface area (Å²) in [5.41, 5.74) is 0.989. The van der Waals surface area contributed by atoms with Crippen LogP contribution in [0.1, 0.15) is 18.0 Å². The van der Waals surface area contributed by atoms with Crippen LogP contribution in [-0.2, 0) is 14.8 Å². The predicted octanol–water partition coefficient (Wildman–Crippen LogP) is 2.91. The van der Waals surface area contributed by atoms with E-state index in [-0.39, 0.29) is 10.9 Å². The molecule has 2 aromatic heterocycles. The van der Waals surface area contributed by atoms with Crippen LogP contribution in [0, 0.1) is 0 Å². The second kappa shape index (κ2) is 7.75. The average Bonchev–Trinajstić information content (AvgIpc) is 3.17. The van der Waals surface area contributed by atoms with Crippen LogP contribution in [0.25, 0.3) is 10.2 Å². The van der Waals surface area contributed by atoms with E-state index < -0.39 is 10.0 Å². The lowest BCUT2D eigenvalue weighted by Gasteiger charge is -2.27. The molecule has 3 heterocycles. The average molecular weight is 419 g/mol. The number of hydrogen-bond acceptors (Lipinski definition) is 7. The van der Waals surface area contributed by atoms with Crippen molar-refractivity contribution in [2.75, 3.05) is 38.3 Å². The van der Waals surface area contributed by atoms with Gasteiger partial charge >= 0.3 is 0 Å². The Morgan fingerprint density at radius 3 is 2.61 bits per heavy atom. The zero-order valence-corrected chi connectivity index (χ0v) is 17.4. The summed E-state index contributed by atoms with van der Waals surface area (Å²) in [5, 5.41) is 0.996. The fraction of sp³-hybridized carbons (Fsp3) is 0.368. The van der Waals surface area contributed by atoms with Crippen LogP contribution in [0.4, 0.5) is 5.82 Å². The van der Waals surface area contributed by atoms with E-state index >= 15 is 0 Å². The molecule has 1 aliphatic heterocycles.